The number of likely N-dealkylation sites (N-methyl/N-ethyl adjacent to an activating group) is 1. The summed E-state index contributed by atoms with van der Waals surface area (Å²) in [5, 5.41) is 9.83. The maximum absolute atomic E-state index is 12.4. The predicted octanol–water partition coefficient (Wildman–Crippen LogP) is 3.92. The Labute approximate surface area is 245 Å². The van der Waals surface area contributed by atoms with Crippen molar-refractivity contribution in [1.82, 2.24) is 24.6 Å². The van der Waals surface area contributed by atoms with Gasteiger partial charge in [0, 0.05) is 24.6 Å². The lowest BCUT2D eigenvalue weighted by Crippen LogP contribution is -2.28. The van der Waals surface area contributed by atoms with Crippen molar-refractivity contribution in [2.24, 2.45) is 0 Å². The van der Waals surface area contributed by atoms with Gasteiger partial charge >= 0.3 is 12.1 Å². The predicted molar refractivity (Wildman–Crippen MR) is 150 cm³/mol. The van der Waals surface area contributed by atoms with E-state index in [0.29, 0.717) is 54.8 Å². The molecule has 0 atom stereocenters. The van der Waals surface area contributed by atoms with Gasteiger partial charge in [-0.3, -0.25) is 9.48 Å². The van der Waals surface area contributed by atoms with Crippen molar-refractivity contribution in [3.8, 4) is 5.88 Å². The smallest absolute Gasteiger partial charge is 0.472 e. The fraction of sp³-hybridized carbons (Fsp3) is 0.321. The number of nitrogens with one attached hydrogen (secondary N) is 2. The molecule has 0 spiro atoms. The summed E-state index contributed by atoms with van der Waals surface area (Å²) in [5.74, 6) is -4.04. The minimum absolute atomic E-state index is 0.0312. The molecule has 228 valence electrons. The number of carbonyl (C=O) groups is 2. The lowest BCUT2D eigenvalue weighted by atomic mass is 10.0. The Bertz CT molecular complexity index is 1500. The van der Waals surface area contributed by atoms with Crippen LogP contribution in [0.3, 0.4) is 0 Å². The average molecular weight is 602 g/mol. The number of hydrogen-bond acceptors (Lipinski definition) is 10. The van der Waals surface area contributed by atoms with Crippen LogP contribution in [-0.2, 0) is 32.2 Å². The van der Waals surface area contributed by atoms with Gasteiger partial charge in [0.05, 0.1) is 37.2 Å². The highest BCUT2D eigenvalue weighted by Gasteiger charge is 2.42. The normalized spacial score (nSPS) is 13.3. The van der Waals surface area contributed by atoms with Crippen LogP contribution in [-0.4, -0.2) is 76.6 Å². The fourth-order valence-electron chi connectivity index (χ4n) is 3.82. The largest absolute Gasteiger partial charge is 0.491 e. The molecule has 3 aromatic rings. The van der Waals surface area contributed by atoms with Gasteiger partial charge in [-0.15, -0.1) is 0 Å². The highest BCUT2D eigenvalue weighted by atomic mass is 19.4. The van der Waals surface area contributed by atoms with Crippen molar-refractivity contribution in [2.45, 2.75) is 25.7 Å². The number of anilines is 3. The van der Waals surface area contributed by atoms with E-state index in [1.54, 1.807) is 30.6 Å². The molecule has 0 radical (unpaired) electrons. The van der Waals surface area contributed by atoms with Crippen LogP contribution >= 0.6 is 0 Å². The van der Waals surface area contributed by atoms with E-state index in [0.717, 1.165) is 12.1 Å². The summed E-state index contributed by atoms with van der Waals surface area (Å²) in [5.41, 5.74) is 3.20. The van der Waals surface area contributed by atoms with Crippen LogP contribution in [0.15, 0.2) is 61.3 Å². The zero-order valence-electron chi connectivity index (χ0n) is 23.5. The Morgan fingerprint density at radius 1 is 1.21 bits per heavy atom. The number of hydrogen-bond donors (Lipinski definition) is 2. The van der Waals surface area contributed by atoms with Gasteiger partial charge in [-0.2, -0.15) is 23.3 Å². The first-order chi connectivity index (χ1) is 20.5. The molecule has 0 unspecified atom stereocenters. The molecule has 1 aliphatic rings. The zero-order chi connectivity index (χ0) is 31.0. The van der Waals surface area contributed by atoms with Gasteiger partial charge in [-0.1, -0.05) is 24.8 Å². The van der Waals surface area contributed by atoms with Crippen LogP contribution in [0.2, 0.25) is 0 Å². The molecule has 0 saturated heterocycles. The molecule has 0 fully saturated rings. The number of aromatic nitrogens is 4. The van der Waals surface area contributed by atoms with E-state index >= 15 is 0 Å². The van der Waals surface area contributed by atoms with Gasteiger partial charge in [-0.25, -0.2) is 9.78 Å². The van der Waals surface area contributed by atoms with Crippen LogP contribution in [0.25, 0.3) is 5.57 Å². The first-order valence-corrected chi connectivity index (χ1v) is 13.1. The van der Waals surface area contributed by atoms with E-state index in [4.69, 9.17) is 9.47 Å². The molecule has 12 nitrogen and oxygen atoms in total. The summed E-state index contributed by atoms with van der Waals surface area (Å²) in [6.07, 6.45) is 2.52. The second kappa shape index (κ2) is 13.9. The summed E-state index contributed by atoms with van der Waals surface area (Å²) in [6, 6.07) is 6.39. The lowest BCUT2D eigenvalue weighted by molar-refractivity contribution is -0.195. The molecule has 1 aliphatic heterocycles. The van der Waals surface area contributed by atoms with Gasteiger partial charge in [0.2, 0.25) is 11.8 Å². The molecule has 1 aromatic carbocycles. The minimum atomic E-state index is -5.26. The Hall–Kier alpha value is -4.76. The molecule has 0 saturated carbocycles. The second-order valence-electron chi connectivity index (χ2n) is 9.64. The zero-order valence-corrected chi connectivity index (χ0v) is 23.5. The molecule has 0 aliphatic carbocycles. The summed E-state index contributed by atoms with van der Waals surface area (Å²) in [7, 11) is 3.97. The standard InChI is InChI=1S/C28H30F3N7O5/c1-18(43-26(40)28(29,30)31)24(39)34-21-6-4-5-19(13-21)17-42-25-23(20-7-11-41-12-8-20)15-32-27(36-25)35-22-14-33-38(16-22)10-9-37(2)3/h4-7,13-16H,1,8-12,17H2,2-3H3,(H,34,39)(H,32,35,36). The Kier molecular flexibility index (Phi) is 10.1. The number of halogens is 3. The van der Waals surface area contributed by atoms with Crippen molar-refractivity contribution < 1.29 is 37.0 Å². The summed E-state index contributed by atoms with van der Waals surface area (Å²) in [6.45, 7) is 5.66. The van der Waals surface area contributed by atoms with Gasteiger partial charge < -0.3 is 29.7 Å². The van der Waals surface area contributed by atoms with Crippen molar-refractivity contribution in [1.29, 1.82) is 0 Å². The third kappa shape index (κ3) is 9.11. The van der Waals surface area contributed by atoms with Gasteiger partial charge in [0.25, 0.3) is 5.91 Å². The third-order valence-corrected chi connectivity index (χ3v) is 5.99. The highest BCUT2D eigenvalue weighted by molar-refractivity contribution is 6.03. The maximum Gasteiger partial charge on any atom is 0.491 e. The van der Waals surface area contributed by atoms with E-state index in [1.165, 1.54) is 6.07 Å². The SMILES string of the molecule is C=C(OC(=O)C(F)(F)F)C(=O)Nc1cccc(COc2nc(Nc3cnn(CCN(C)C)c3)ncc2C2=CCOCC2)c1. The summed E-state index contributed by atoms with van der Waals surface area (Å²) < 4.78 is 54.6. The molecule has 1 amide bonds. The van der Waals surface area contributed by atoms with Crippen molar-refractivity contribution >= 4 is 34.8 Å². The number of ether oxygens (including phenoxy) is 3. The molecule has 0 bridgehead atoms. The monoisotopic (exact) mass is 601 g/mol. The van der Waals surface area contributed by atoms with E-state index < -0.39 is 23.8 Å². The topological polar surface area (TPSA) is 133 Å². The van der Waals surface area contributed by atoms with Crippen LogP contribution in [0, 0.1) is 0 Å². The molecule has 3 heterocycles. The van der Waals surface area contributed by atoms with Crippen molar-refractivity contribution in [3.63, 3.8) is 0 Å². The van der Waals surface area contributed by atoms with Crippen LogP contribution in [0.4, 0.5) is 30.5 Å². The van der Waals surface area contributed by atoms with Gasteiger partial charge in [0.15, 0.2) is 5.76 Å². The molecule has 2 aromatic heterocycles. The number of rotatable bonds is 12. The van der Waals surface area contributed by atoms with Gasteiger partial charge in [-0.05, 0) is 43.8 Å². The number of alkyl halides is 3. The number of amides is 1. The molecular formula is C28H30F3N7O5. The Morgan fingerprint density at radius 3 is 2.74 bits per heavy atom. The quantitative estimate of drug-likeness (QED) is 0.179. The van der Waals surface area contributed by atoms with E-state index in [2.05, 4.69) is 41.9 Å². The number of nitrogens with zero attached hydrogens (tertiary/aromatic N) is 5. The average Bonchev–Trinajstić information content (AvgIpc) is 3.42. The van der Waals surface area contributed by atoms with Gasteiger partial charge in [0.1, 0.15) is 6.61 Å². The summed E-state index contributed by atoms with van der Waals surface area (Å²) >= 11 is 0. The maximum atomic E-state index is 12.4. The van der Waals surface area contributed by atoms with Crippen molar-refractivity contribution in [2.75, 3.05) is 44.5 Å². The lowest BCUT2D eigenvalue weighted by Gasteiger charge is -2.17. The molecule has 15 heteroatoms. The van der Waals surface area contributed by atoms with E-state index in [-0.39, 0.29) is 12.3 Å². The van der Waals surface area contributed by atoms with E-state index in [9.17, 15) is 22.8 Å². The van der Waals surface area contributed by atoms with Crippen LogP contribution in [0.5, 0.6) is 5.88 Å². The molecular weight excluding hydrogens is 571 g/mol. The second-order valence-corrected chi connectivity index (χ2v) is 9.64. The fourth-order valence-corrected chi connectivity index (χ4v) is 3.82. The number of esters is 1. The number of benzene rings is 1. The molecule has 2 N–H and O–H groups in total. The first-order valence-electron chi connectivity index (χ1n) is 13.1. The van der Waals surface area contributed by atoms with Crippen LogP contribution < -0.4 is 15.4 Å². The highest BCUT2D eigenvalue weighted by Crippen LogP contribution is 2.30. The number of carbonyl (C=O) groups excluding carboxylic acids is 2. The minimum Gasteiger partial charge on any atom is -0.472 e. The van der Waals surface area contributed by atoms with E-state index in [1.807, 2.05) is 31.1 Å². The molecule has 4 rings (SSSR count). The Balaban J connectivity index is 1.46. The summed E-state index contributed by atoms with van der Waals surface area (Å²) in [4.78, 5) is 34.3. The molecule has 43 heavy (non-hydrogen) atoms. The first kappa shape index (κ1) is 31.2. The van der Waals surface area contributed by atoms with Crippen molar-refractivity contribution in [3.05, 3.63) is 72.4 Å². The Morgan fingerprint density at radius 2 is 2.02 bits per heavy atom. The van der Waals surface area contributed by atoms with Crippen LogP contribution in [0.1, 0.15) is 17.5 Å². The third-order valence-electron chi connectivity index (χ3n) is 5.99.